The number of fused-ring (bicyclic) bond motifs is 1. The Morgan fingerprint density at radius 3 is 2.70 bits per heavy atom. The molecule has 0 spiro atoms. The maximum absolute atomic E-state index is 12.6. The first-order valence-electron chi connectivity index (χ1n) is 8.57. The molecule has 0 bridgehead atoms. The number of rotatable bonds is 3. The van der Waals surface area contributed by atoms with Crippen LogP contribution in [0.3, 0.4) is 0 Å². The number of urea groups is 1. The van der Waals surface area contributed by atoms with E-state index >= 15 is 0 Å². The fourth-order valence-corrected chi connectivity index (χ4v) is 4.28. The third kappa shape index (κ3) is 2.43. The van der Waals surface area contributed by atoms with Crippen molar-refractivity contribution in [3.05, 3.63) is 35.9 Å². The summed E-state index contributed by atoms with van der Waals surface area (Å²) in [5.74, 6) is 0.0336. The lowest BCUT2D eigenvalue weighted by Crippen LogP contribution is -2.43. The van der Waals surface area contributed by atoms with Gasteiger partial charge < -0.3 is 4.90 Å². The average molecular weight is 313 g/mol. The number of carbonyl (C=O) groups excluding carboxylic acids is 2. The highest BCUT2D eigenvalue weighted by molar-refractivity contribution is 6.05. The van der Waals surface area contributed by atoms with E-state index in [2.05, 4.69) is 36.1 Å². The SMILES string of the molecule is C[C@@H]1C[C@H](N2C(=O)[C@@H]3CCCN3C2=O)CN1Cc1ccccc1. The first kappa shape index (κ1) is 14.7. The van der Waals surface area contributed by atoms with E-state index in [0.717, 1.165) is 38.9 Å². The van der Waals surface area contributed by atoms with Gasteiger partial charge in [0.1, 0.15) is 6.04 Å². The van der Waals surface area contributed by atoms with Crippen LogP contribution in [0.1, 0.15) is 31.7 Å². The predicted molar refractivity (Wildman–Crippen MR) is 86.7 cm³/mol. The lowest BCUT2D eigenvalue weighted by atomic mass is 10.1. The first-order valence-corrected chi connectivity index (χ1v) is 8.57. The molecule has 5 heteroatoms. The van der Waals surface area contributed by atoms with Gasteiger partial charge in [-0.15, -0.1) is 0 Å². The number of hydrogen-bond donors (Lipinski definition) is 0. The summed E-state index contributed by atoms with van der Waals surface area (Å²) in [7, 11) is 0. The van der Waals surface area contributed by atoms with E-state index in [1.807, 2.05) is 6.07 Å². The van der Waals surface area contributed by atoms with Crippen molar-refractivity contribution in [1.29, 1.82) is 0 Å². The molecule has 1 aromatic carbocycles. The highest BCUT2D eigenvalue weighted by atomic mass is 16.2. The summed E-state index contributed by atoms with van der Waals surface area (Å²) in [5, 5.41) is 0. The summed E-state index contributed by atoms with van der Waals surface area (Å²) in [6.07, 6.45) is 2.67. The van der Waals surface area contributed by atoms with Gasteiger partial charge in [-0.25, -0.2) is 4.79 Å². The zero-order valence-corrected chi connectivity index (χ0v) is 13.5. The Hall–Kier alpha value is -1.88. The van der Waals surface area contributed by atoms with Gasteiger partial charge in [-0.1, -0.05) is 30.3 Å². The van der Waals surface area contributed by atoms with Crippen LogP contribution in [0.15, 0.2) is 30.3 Å². The molecule has 3 aliphatic rings. The Labute approximate surface area is 136 Å². The lowest BCUT2D eigenvalue weighted by molar-refractivity contribution is -0.129. The molecular formula is C18H23N3O2. The topological polar surface area (TPSA) is 43.9 Å². The molecule has 122 valence electrons. The molecule has 0 saturated carbocycles. The zero-order chi connectivity index (χ0) is 16.0. The Morgan fingerprint density at radius 2 is 1.96 bits per heavy atom. The maximum atomic E-state index is 12.6. The third-order valence-electron chi connectivity index (χ3n) is 5.50. The molecule has 4 rings (SSSR count). The van der Waals surface area contributed by atoms with Crippen molar-refractivity contribution in [2.75, 3.05) is 13.1 Å². The highest BCUT2D eigenvalue weighted by Gasteiger charge is 2.51. The Morgan fingerprint density at radius 1 is 1.17 bits per heavy atom. The van der Waals surface area contributed by atoms with Gasteiger partial charge in [0.05, 0.1) is 6.04 Å². The molecule has 23 heavy (non-hydrogen) atoms. The Balaban J connectivity index is 1.47. The van der Waals surface area contributed by atoms with Gasteiger partial charge in [-0.2, -0.15) is 0 Å². The number of benzene rings is 1. The van der Waals surface area contributed by atoms with Gasteiger partial charge in [-0.05, 0) is 31.7 Å². The Kier molecular flexibility index (Phi) is 3.60. The molecule has 5 nitrogen and oxygen atoms in total. The van der Waals surface area contributed by atoms with Crippen molar-refractivity contribution in [1.82, 2.24) is 14.7 Å². The molecule has 3 aliphatic heterocycles. The number of amides is 3. The van der Waals surface area contributed by atoms with E-state index in [1.54, 1.807) is 9.80 Å². The van der Waals surface area contributed by atoms with E-state index in [0.29, 0.717) is 6.04 Å². The standard InChI is InChI=1S/C18H23N3O2/c1-13-10-15(12-19(13)11-14-6-3-2-4-7-14)21-17(22)16-8-5-9-20(16)18(21)23/h2-4,6-7,13,15-16H,5,8-12H2,1H3/t13-,15+,16+/m1/s1. The number of nitrogens with zero attached hydrogens (tertiary/aromatic N) is 3. The minimum absolute atomic E-state index is 0.0271. The van der Waals surface area contributed by atoms with Crippen molar-refractivity contribution >= 4 is 11.9 Å². The predicted octanol–water partition coefficient (Wildman–Crippen LogP) is 2.08. The van der Waals surface area contributed by atoms with Crippen LogP contribution in [-0.4, -0.2) is 57.9 Å². The second-order valence-electron chi connectivity index (χ2n) is 7.00. The minimum atomic E-state index is -0.180. The largest absolute Gasteiger partial charge is 0.327 e. The van der Waals surface area contributed by atoms with Crippen LogP contribution in [0.4, 0.5) is 4.79 Å². The summed E-state index contributed by atoms with van der Waals surface area (Å²) < 4.78 is 0. The molecule has 0 N–H and O–H groups in total. The summed E-state index contributed by atoms with van der Waals surface area (Å²) in [5.41, 5.74) is 1.28. The minimum Gasteiger partial charge on any atom is -0.312 e. The van der Waals surface area contributed by atoms with Crippen LogP contribution in [0.2, 0.25) is 0 Å². The third-order valence-corrected chi connectivity index (χ3v) is 5.50. The molecule has 0 aliphatic carbocycles. The monoisotopic (exact) mass is 313 g/mol. The van der Waals surface area contributed by atoms with E-state index in [4.69, 9.17) is 0 Å². The summed E-state index contributed by atoms with van der Waals surface area (Å²) in [4.78, 5) is 30.9. The van der Waals surface area contributed by atoms with E-state index in [-0.39, 0.29) is 24.0 Å². The Bertz CT molecular complexity index is 596. The molecule has 1 aromatic rings. The van der Waals surface area contributed by atoms with Gasteiger partial charge >= 0.3 is 6.03 Å². The molecule has 3 saturated heterocycles. The van der Waals surface area contributed by atoms with Crippen LogP contribution in [0.5, 0.6) is 0 Å². The fourth-order valence-electron chi connectivity index (χ4n) is 4.28. The van der Waals surface area contributed by atoms with Crippen LogP contribution < -0.4 is 0 Å². The van der Waals surface area contributed by atoms with Crippen LogP contribution in [0.25, 0.3) is 0 Å². The fraction of sp³-hybridized carbons (Fsp3) is 0.556. The van der Waals surface area contributed by atoms with E-state index in [9.17, 15) is 9.59 Å². The second-order valence-corrected chi connectivity index (χ2v) is 7.00. The zero-order valence-electron chi connectivity index (χ0n) is 13.5. The van der Waals surface area contributed by atoms with Crippen molar-refractivity contribution in [2.45, 2.75) is 50.9 Å². The van der Waals surface area contributed by atoms with Gasteiger partial charge in [0.15, 0.2) is 0 Å². The van der Waals surface area contributed by atoms with Crippen molar-refractivity contribution in [3.8, 4) is 0 Å². The van der Waals surface area contributed by atoms with Gasteiger partial charge in [0, 0.05) is 25.7 Å². The summed E-state index contributed by atoms with van der Waals surface area (Å²) in [6.45, 7) is 4.59. The van der Waals surface area contributed by atoms with Crippen molar-refractivity contribution < 1.29 is 9.59 Å². The highest BCUT2D eigenvalue weighted by Crippen LogP contribution is 2.33. The van der Waals surface area contributed by atoms with Crippen LogP contribution in [-0.2, 0) is 11.3 Å². The van der Waals surface area contributed by atoms with Gasteiger partial charge in [0.25, 0.3) is 5.91 Å². The summed E-state index contributed by atoms with van der Waals surface area (Å²) >= 11 is 0. The molecule has 3 fully saturated rings. The van der Waals surface area contributed by atoms with E-state index in [1.165, 1.54) is 5.56 Å². The molecule has 3 heterocycles. The van der Waals surface area contributed by atoms with Crippen LogP contribution >= 0.6 is 0 Å². The number of imide groups is 1. The maximum Gasteiger partial charge on any atom is 0.327 e. The summed E-state index contributed by atoms with van der Waals surface area (Å²) in [6, 6.07) is 10.6. The molecule has 0 aromatic heterocycles. The molecule has 0 unspecified atom stereocenters. The molecule has 0 radical (unpaired) electrons. The smallest absolute Gasteiger partial charge is 0.312 e. The first-order chi connectivity index (χ1) is 11.1. The van der Waals surface area contributed by atoms with Crippen LogP contribution in [0, 0.1) is 0 Å². The number of carbonyl (C=O) groups is 2. The van der Waals surface area contributed by atoms with Gasteiger partial charge in [-0.3, -0.25) is 14.6 Å². The van der Waals surface area contributed by atoms with Gasteiger partial charge in [0.2, 0.25) is 0 Å². The van der Waals surface area contributed by atoms with Crippen molar-refractivity contribution in [2.24, 2.45) is 0 Å². The van der Waals surface area contributed by atoms with Crippen molar-refractivity contribution in [3.63, 3.8) is 0 Å². The lowest BCUT2D eigenvalue weighted by Gasteiger charge is -2.23. The van der Waals surface area contributed by atoms with E-state index < -0.39 is 0 Å². The molecule has 3 amide bonds. The normalized spacial score (nSPS) is 31.3. The number of hydrogen-bond acceptors (Lipinski definition) is 3. The molecule has 3 atom stereocenters. The quantitative estimate of drug-likeness (QED) is 0.803. The second kappa shape index (κ2) is 5.64. The number of likely N-dealkylation sites (tertiary alicyclic amines) is 1. The molecular weight excluding hydrogens is 290 g/mol. The average Bonchev–Trinajstić information content (AvgIpc) is 3.21.